The molecule has 8 heteroatoms. The van der Waals surface area contributed by atoms with Gasteiger partial charge in [-0.3, -0.25) is 18.7 Å². The second-order valence-corrected chi connectivity index (χ2v) is 6.65. The summed E-state index contributed by atoms with van der Waals surface area (Å²) in [7, 11) is 4.38. The first kappa shape index (κ1) is 19.2. The van der Waals surface area contributed by atoms with Crippen LogP contribution in [0.25, 0.3) is 10.8 Å². The fourth-order valence-corrected chi connectivity index (χ4v) is 3.00. The summed E-state index contributed by atoms with van der Waals surface area (Å²) in [6, 6.07) is 11.4. The van der Waals surface area contributed by atoms with E-state index in [4.69, 9.17) is 10.5 Å². The Labute approximate surface area is 161 Å². The standard InChI is InChI=1S/C20H22N4O4/c1-11(12-5-6-14-10-15(28-4)8-7-13(14)9-12)18(25)22-16-17(21)23(2)20(27)24(3)19(16)26/h5-11H,21H2,1-4H3,(H,22,25). The minimum atomic E-state index is -0.647. The van der Waals surface area contributed by atoms with Gasteiger partial charge < -0.3 is 15.8 Å². The molecule has 3 N–H and O–H groups in total. The average molecular weight is 382 g/mol. The van der Waals surface area contributed by atoms with Gasteiger partial charge in [0.1, 0.15) is 17.3 Å². The van der Waals surface area contributed by atoms with Crippen LogP contribution >= 0.6 is 0 Å². The van der Waals surface area contributed by atoms with Crippen LogP contribution in [0, 0.1) is 0 Å². The Hall–Kier alpha value is -3.55. The maximum absolute atomic E-state index is 12.7. The first-order valence-electron chi connectivity index (χ1n) is 8.68. The van der Waals surface area contributed by atoms with Crippen molar-refractivity contribution in [2.24, 2.45) is 14.1 Å². The van der Waals surface area contributed by atoms with E-state index in [2.05, 4.69) is 5.32 Å². The summed E-state index contributed by atoms with van der Waals surface area (Å²) >= 11 is 0. The summed E-state index contributed by atoms with van der Waals surface area (Å²) in [6.07, 6.45) is 0. The van der Waals surface area contributed by atoms with Crippen molar-refractivity contribution >= 4 is 28.2 Å². The number of ether oxygens (including phenoxy) is 1. The summed E-state index contributed by atoms with van der Waals surface area (Å²) < 4.78 is 7.24. The molecule has 0 saturated heterocycles. The van der Waals surface area contributed by atoms with E-state index in [0.717, 1.165) is 31.2 Å². The minimum absolute atomic E-state index is 0.0840. The number of fused-ring (bicyclic) bond motifs is 1. The molecule has 1 heterocycles. The molecule has 0 fully saturated rings. The highest BCUT2D eigenvalue weighted by Gasteiger charge is 2.20. The average Bonchev–Trinajstić information content (AvgIpc) is 2.72. The smallest absolute Gasteiger partial charge is 0.332 e. The summed E-state index contributed by atoms with van der Waals surface area (Å²) in [6.45, 7) is 1.74. The third-order valence-electron chi connectivity index (χ3n) is 4.92. The summed E-state index contributed by atoms with van der Waals surface area (Å²) in [4.78, 5) is 37.0. The minimum Gasteiger partial charge on any atom is -0.497 e. The number of carbonyl (C=O) groups is 1. The molecule has 3 rings (SSSR count). The van der Waals surface area contributed by atoms with Gasteiger partial charge in [0.2, 0.25) is 5.91 Å². The van der Waals surface area contributed by atoms with Crippen molar-refractivity contribution in [3.63, 3.8) is 0 Å². The Balaban J connectivity index is 1.93. The van der Waals surface area contributed by atoms with E-state index in [1.807, 2.05) is 36.4 Å². The van der Waals surface area contributed by atoms with Gasteiger partial charge in [-0.15, -0.1) is 0 Å². The zero-order valence-corrected chi connectivity index (χ0v) is 16.1. The molecular formula is C20H22N4O4. The first-order valence-corrected chi connectivity index (χ1v) is 8.68. The third-order valence-corrected chi connectivity index (χ3v) is 4.92. The van der Waals surface area contributed by atoms with E-state index in [1.165, 1.54) is 14.1 Å². The van der Waals surface area contributed by atoms with Crippen molar-refractivity contribution in [3.8, 4) is 5.75 Å². The number of carbonyl (C=O) groups excluding carboxylic acids is 1. The molecule has 0 bridgehead atoms. The molecule has 1 atom stereocenters. The second-order valence-electron chi connectivity index (χ2n) is 6.65. The lowest BCUT2D eigenvalue weighted by molar-refractivity contribution is -0.117. The molecule has 0 aliphatic rings. The van der Waals surface area contributed by atoms with E-state index in [-0.39, 0.29) is 11.5 Å². The number of amides is 1. The first-order chi connectivity index (χ1) is 13.2. The topological polar surface area (TPSA) is 108 Å². The van der Waals surface area contributed by atoms with E-state index in [1.54, 1.807) is 14.0 Å². The van der Waals surface area contributed by atoms with Gasteiger partial charge in [-0.1, -0.05) is 24.3 Å². The fourth-order valence-electron chi connectivity index (χ4n) is 3.00. The van der Waals surface area contributed by atoms with Crippen molar-refractivity contribution < 1.29 is 9.53 Å². The van der Waals surface area contributed by atoms with Crippen molar-refractivity contribution in [3.05, 3.63) is 62.8 Å². The van der Waals surface area contributed by atoms with Crippen LogP contribution in [0.2, 0.25) is 0 Å². The van der Waals surface area contributed by atoms with E-state index in [9.17, 15) is 14.4 Å². The van der Waals surface area contributed by atoms with Gasteiger partial charge in [-0.25, -0.2) is 4.79 Å². The number of aromatic nitrogens is 2. The van der Waals surface area contributed by atoms with E-state index < -0.39 is 23.1 Å². The molecule has 8 nitrogen and oxygen atoms in total. The van der Waals surface area contributed by atoms with Crippen LogP contribution in [-0.4, -0.2) is 22.2 Å². The quantitative estimate of drug-likeness (QED) is 0.712. The molecule has 0 aliphatic heterocycles. The molecule has 1 amide bonds. The number of nitrogens with two attached hydrogens (primary N) is 1. The van der Waals surface area contributed by atoms with Gasteiger partial charge >= 0.3 is 5.69 Å². The summed E-state index contributed by atoms with van der Waals surface area (Å²) in [5, 5.41) is 4.54. The Morgan fingerprint density at radius 1 is 1.07 bits per heavy atom. The lowest BCUT2D eigenvalue weighted by Crippen LogP contribution is -2.40. The Kier molecular flexibility index (Phi) is 4.96. The summed E-state index contributed by atoms with van der Waals surface area (Å²) in [5.41, 5.74) is 5.34. The van der Waals surface area contributed by atoms with Crippen LogP contribution in [-0.2, 0) is 18.9 Å². The predicted octanol–water partition coefficient (Wildman–Crippen LogP) is 1.57. The highest BCUT2D eigenvalue weighted by Crippen LogP contribution is 2.26. The molecular weight excluding hydrogens is 360 g/mol. The number of hydrogen-bond donors (Lipinski definition) is 2. The number of hydrogen-bond acceptors (Lipinski definition) is 5. The van der Waals surface area contributed by atoms with Crippen molar-refractivity contribution in [2.45, 2.75) is 12.8 Å². The zero-order valence-electron chi connectivity index (χ0n) is 16.1. The molecule has 0 spiro atoms. The summed E-state index contributed by atoms with van der Waals surface area (Å²) in [5.74, 6) is -0.255. The van der Waals surface area contributed by atoms with Crippen LogP contribution in [0.1, 0.15) is 18.4 Å². The van der Waals surface area contributed by atoms with Crippen LogP contribution in [0.3, 0.4) is 0 Å². The van der Waals surface area contributed by atoms with Crippen LogP contribution in [0.5, 0.6) is 5.75 Å². The number of methoxy groups -OCH3 is 1. The molecule has 0 saturated carbocycles. The van der Waals surface area contributed by atoms with Crippen molar-refractivity contribution in [1.29, 1.82) is 0 Å². The van der Waals surface area contributed by atoms with Gasteiger partial charge in [0.15, 0.2) is 0 Å². The Morgan fingerprint density at radius 2 is 1.71 bits per heavy atom. The number of benzene rings is 2. The third kappa shape index (κ3) is 3.24. The maximum atomic E-state index is 12.7. The number of nitrogen functional groups attached to an aromatic ring is 1. The molecule has 1 aromatic heterocycles. The van der Waals surface area contributed by atoms with Crippen LogP contribution in [0.4, 0.5) is 11.5 Å². The van der Waals surface area contributed by atoms with Gasteiger partial charge in [-0.05, 0) is 35.4 Å². The maximum Gasteiger partial charge on any atom is 0.332 e. The molecule has 2 aromatic carbocycles. The second kappa shape index (κ2) is 7.22. The highest BCUT2D eigenvalue weighted by atomic mass is 16.5. The molecule has 28 heavy (non-hydrogen) atoms. The fraction of sp³-hybridized carbons (Fsp3) is 0.250. The van der Waals surface area contributed by atoms with E-state index >= 15 is 0 Å². The molecule has 1 unspecified atom stereocenters. The van der Waals surface area contributed by atoms with Crippen LogP contribution < -0.4 is 27.0 Å². The lowest BCUT2D eigenvalue weighted by atomic mass is 9.97. The number of rotatable bonds is 4. The largest absolute Gasteiger partial charge is 0.497 e. The molecule has 0 aliphatic carbocycles. The van der Waals surface area contributed by atoms with Gasteiger partial charge in [0, 0.05) is 14.1 Å². The number of nitrogens with zero attached hydrogens (tertiary/aromatic N) is 2. The zero-order chi connectivity index (χ0) is 20.6. The Bertz CT molecular complexity index is 1190. The predicted molar refractivity (Wildman–Crippen MR) is 109 cm³/mol. The normalized spacial score (nSPS) is 12.0. The Morgan fingerprint density at radius 3 is 2.39 bits per heavy atom. The number of nitrogens with one attached hydrogen (secondary N) is 1. The number of anilines is 2. The van der Waals surface area contributed by atoms with Crippen LogP contribution in [0.15, 0.2) is 46.0 Å². The van der Waals surface area contributed by atoms with Gasteiger partial charge in [0.05, 0.1) is 13.0 Å². The van der Waals surface area contributed by atoms with Gasteiger partial charge in [-0.2, -0.15) is 0 Å². The molecule has 3 aromatic rings. The monoisotopic (exact) mass is 382 g/mol. The van der Waals surface area contributed by atoms with Gasteiger partial charge in [0.25, 0.3) is 5.56 Å². The highest BCUT2D eigenvalue weighted by molar-refractivity contribution is 5.98. The SMILES string of the molecule is COc1ccc2cc(C(C)C(=O)Nc3c(N)n(C)c(=O)n(C)c3=O)ccc2c1. The molecule has 146 valence electrons. The van der Waals surface area contributed by atoms with E-state index in [0.29, 0.717) is 0 Å². The van der Waals surface area contributed by atoms with Crippen molar-refractivity contribution in [1.82, 2.24) is 9.13 Å². The lowest BCUT2D eigenvalue weighted by Gasteiger charge is -2.16. The van der Waals surface area contributed by atoms with Crippen molar-refractivity contribution in [2.75, 3.05) is 18.2 Å². The molecule has 0 radical (unpaired) electrons.